The van der Waals surface area contributed by atoms with Gasteiger partial charge in [0.05, 0.1) is 11.0 Å². The van der Waals surface area contributed by atoms with Gasteiger partial charge < -0.3 is 0 Å². The summed E-state index contributed by atoms with van der Waals surface area (Å²) in [5, 5.41) is 2.72. The first-order valence-corrected chi connectivity index (χ1v) is 8.19. The average Bonchev–Trinajstić information content (AvgIpc) is 2.87. The molecule has 0 atom stereocenters. The maximum Gasteiger partial charge on any atom is 0.221 e. The van der Waals surface area contributed by atoms with Crippen molar-refractivity contribution in [1.82, 2.24) is 0 Å². The third kappa shape index (κ3) is 2.03. The maximum atomic E-state index is 2.37. The summed E-state index contributed by atoms with van der Waals surface area (Å²) in [5.41, 5.74) is 10.8. The molecule has 1 aromatic heterocycles. The first-order valence-electron chi connectivity index (χ1n) is 8.19. The van der Waals surface area contributed by atoms with E-state index in [2.05, 4.69) is 81.9 Å². The number of aryl methyl sites for hydroxylation is 4. The van der Waals surface area contributed by atoms with E-state index in [4.69, 9.17) is 0 Å². The minimum atomic E-state index is 1.32. The first-order chi connectivity index (χ1) is 11.0. The van der Waals surface area contributed by atoms with E-state index in [0.717, 1.165) is 0 Å². The van der Waals surface area contributed by atoms with E-state index in [0.29, 0.717) is 0 Å². The van der Waals surface area contributed by atoms with E-state index in [1.165, 1.54) is 55.4 Å². The normalized spacial score (nSPS) is 12.8. The van der Waals surface area contributed by atoms with Crippen LogP contribution in [0.4, 0.5) is 0 Å². The van der Waals surface area contributed by atoms with Crippen LogP contribution in [-0.4, -0.2) is 0 Å². The maximum absolute atomic E-state index is 2.37. The largest absolute Gasteiger partial charge is 0.221 e. The van der Waals surface area contributed by atoms with Crippen molar-refractivity contribution in [3.63, 3.8) is 0 Å². The summed E-state index contributed by atoms with van der Waals surface area (Å²) in [6.45, 7) is 8.80. The summed E-state index contributed by atoms with van der Waals surface area (Å²) in [6, 6.07) is 11.4. The van der Waals surface area contributed by atoms with Crippen LogP contribution in [0.2, 0.25) is 0 Å². The second-order valence-electron chi connectivity index (χ2n) is 6.91. The van der Waals surface area contributed by atoms with Crippen molar-refractivity contribution in [2.45, 2.75) is 27.7 Å². The van der Waals surface area contributed by atoms with Crippen molar-refractivity contribution in [1.29, 1.82) is 0 Å². The summed E-state index contributed by atoms with van der Waals surface area (Å²) in [6.07, 6.45) is 4.55. The summed E-state index contributed by atoms with van der Waals surface area (Å²) in [7, 11) is 2.15. The molecule has 1 aliphatic carbocycles. The average molecular weight is 300 g/mol. The highest BCUT2D eigenvalue weighted by Crippen LogP contribution is 2.40. The van der Waals surface area contributed by atoms with Gasteiger partial charge in [0.2, 0.25) is 5.69 Å². The second-order valence-corrected chi connectivity index (χ2v) is 6.91. The van der Waals surface area contributed by atoms with Crippen LogP contribution in [0.1, 0.15) is 39.1 Å². The van der Waals surface area contributed by atoms with Gasteiger partial charge in [-0.05, 0) is 67.0 Å². The third-order valence-electron chi connectivity index (χ3n) is 5.07. The van der Waals surface area contributed by atoms with Gasteiger partial charge in [-0.25, -0.2) is 4.57 Å². The van der Waals surface area contributed by atoms with E-state index in [-0.39, 0.29) is 0 Å². The van der Waals surface area contributed by atoms with Gasteiger partial charge in [-0.3, -0.25) is 0 Å². The van der Waals surface area contributed by atoms with Crippen LogP contribution in [0.5, 0.6) is 0 Å². The molecule has 114 valence electrons. The zero-order chi connectivity index (χ0) is 16.3. The van der Waals surface area contributed by atoms with Crippen LogP contribution < -0.4 is 4.57 Å². The lowest BCUT2D eigenvalue weighted by Gasteiger charge is -2.11. The Morgan fingerprint density at radius 2 is 1.61 bits per heavy atom. The highest BCUT2D eigenvalue weighted by atomic mass is 14.9. The molecule has 0 saturated carbocycles. The molecule has 0 aliphatic heterocycles. The van der Waals surface area contributed by atoms with E-state index in [9.17, 15) is 0 Å². The summed E-state index contributed by atoms with van der Waals surface area (Å²) < 4.78 is 2.26. The smallest absolute Gasteiger partial charge is 0.200 e. The molecule has 2 aromatic carbocycles. The Hall–Kier alpha value is -2.41. The van der Waals surface area contributed by atoms with Gasteiger partial charge in [-0.2, -0.15) is 0 Å². The molecule has 0 amide bonds. The standard InChI is InChI=1S/C22H22N/c1-13-8-15(3)16(4)19(11-13)20-12-18-10-14(2)9-17-6-7-23(5)22(20)21(17)18/h6-12H,1-5H3/q+1. The molecule has 0 spiro atoms. The van der Waals surface area contributed by atoms with Gasteiger partial charge in [0.15, 0.2) is 6.20 Å². The third-order valence-corrected chi connectivity index (χ3v) is 5.07. The zero-order valence-corrected chi connectivity index (χ0v) is 14.5. The summed E-state index contributed by atoms with van der Waals surface area (Å²) >= 11 is 0. The molecular weight excluding hydrogens is 278 g/mol. The number of nitrogens with zero attached hydrogens (tertiary/aromatic N) is 1. The van der Waals surface area contributed by atoms with Crippen molar-refractivity contribution >= 4 is 22.4 Å². The van der Waals surface area contributed by atoms with Crippen molar-refractivity contribution in [3.05, 3.63) is 75.6 Å². The van der Waals surface area contributed by atoms with Gasteiger partial charge in [-0.1, -0.05) is 29.8 Å². The van der Waals surface area contributed by atoms with E-state index in [1.807, 2.05) is 0 Å². The molecule has 0 N–H and O–H groups in total. The number of hydrogen-bond donors (Lipinski definition) is 0. The molecule has 0 fully saturated rings. The Morgan fingerprint density at radius 1 is 0.870 bits per heavy atom. The highest BCUT2D eigenvalue weighted by Gasteiger charge is 2.27. The molecule has 0 saturated heterocycles. The molecule has 4 rings (SSSR count). The molecular formula is C22H22N+. The highest BCUT2D eigenvalue weighted by molar-refractivity contribution is 6.11. The first kappa shape index (κ1) is 14.2. The quantitative estimate of drug-likeness (QED) is 0.445. The van der Waals surface area contributed by atoms with Crippen LogP contribution in [0.25, 0.3) is 22.4 Å². The molecule has 0 unspecified atom stereocenters. The Balaban J connectivity index is 2.09. The predicted octanol–water partition coefficient (Wildman–Crippen LogP) is 4.80. The number of pyridine rings is 1. The van der Waals surface area contributed by atoms with Gasteiger partial charge in [0, 0.05) is 6.07 Å². The number of benzene rings is 2. The lowest BCUT2D eigenvalue weighted by molar-refractivity contribution is -0.672. The predicted molar refractivity (Wildman–Crippen MR) is 97.5 cm³/mol. The van der Waals surface area contributed by atoms with Gasteiger partial charge in [0.25, 0.3) is 0 Å². The molecule has 3 aromatic rings. The number of aromatic nitrogens is 1. The lowest BCUT2D eigenvalue weighted by Crippen LogP contribution is -2.32. The Labute approximate surface area is 137 Å². The topological polar surface area (TPSA) is 3.88 Å². The van der Waals surface area contributed by atoms with Crippen molar-refractivity contribution in [2.75, 3.05) is 0 Å². The molecule has 0 radical (unpaired) electrons. The van der Waals surface area contributed by atoms with E-state index < -0.39 is 0 Å². The van der Waals surface area contributed by atoms with E-state index in [1.54, 1.807) is 0 Å². The van der Waals surface area contributed by atoms with Crippen LogP contribution in [0, 0.1) is 27.7 Å². The number of rotatable bonds is 1. The summed E-state index contributed by atoms with van der Waals surface area (Å²) in [5.74, 6) is 0. The Kier molecular flexibility index (Phi) is 2.96. The molecule has 23 heavy (non-hydrogen) atoms. The van der Waals surface area contributed by atoms with Crippen LogP contribution in [0.15, 0.2) is 36.5 Å². The summed E-state index contributed by atoms with van der Waals surface area (Å²) in [4.78, 5) is 0. The zero-order valence-electron chi connectivity index (χ0n) is 14.5. The van der Waals surface area contributed by atoms with Crippen molar-refractivity contribution < 1.29 is 4.57 Å². The van der Waals surface area contributed by atoms with E-state index >= 15 is 0 Å². The van der Waals surface area contributed by atoms with Crippen molar-refractivity contribution in [2.24, 2.45) is 7.05 Å². The fraction of sp³-hybridized carbons (Fsp3) is 0.227. The molecule has 1 heterocycles. The van der Waals surface area contributed by atoms with Gasteiger partial charge in [-0.15, -0.1) is 0 Å². The van der Waals surface area contributed by atoms with Crippen LogP contribution >= 0.6 is 0 Å². The molecule has 0 bridgehead atoms. The Morgan fingerprint density at radius 3 is 2.39 bits per heavy atom. The fourth-order valence-corrected chi connectivity index (χ4v) is 3.88. The SMILES string of the molecule is Cc1cc(C)c(C)c(C2=Cc3cc(C)cc4cc[n+](C)c2c34)c1. The van der Waals surface area contributed by atoms with Crippen molar-refractivity contribution in [3.8, 4) is 0 Å². The Bertz CT molecular complexity index is 1010. The molecule has 1 heteroatoms. The fourth-order valence-electron chi connectivity index (χ4n) is 3.88. The lowest BCUT2D eigenvalue weighted by atomic mass is 9.93. The second kappa shape index (κ2) is 4.79. The van der Waals surface area contributed by atoms with Gasteiger partial charge in [0.1, 0.15) is 7.05 Å². The minimum Gasteiger partial charge on any atom is -0.200 e. The molecule has 1 nitrogen and oxygen atoms in total. The molecule has 1 aliphatic rings. The van der Waals surface area contributed by atoms with Crippen LogP contribution in [0.3, 0.4) is 0 Å². The minimum absolute atomic E-state index is 1.32. The monoisotopic (exact) mass is 300 g/mol. The van der Waals surface area contributed by atoms with Crippen LogP contribution in [-0.2, 0) is 7.05 Å². The van der Waals surface area contributed by atoms with Gasteiger partial charge >= 0.3 is 0 Å². The number of hydrogen-bond acceptors (Lipinski definition) is 0.